The highest BCUT2D eigenvalue weighted by Gasteiger charge is 2.25. The molecule has 0 aromatic heterocycles. The highest BCUT2D eigenvalue weighted by Crippen LogP contribution is 2.30. The first kappa shape index (κ1) is 22.0. The molecule has 1 aromatic rings. The molecule has 2 aliphatic heterocycles. The van der Waals surface area contributed by atoms with Gasteiger partial charge in [0.25, 0.3) is 11.6 Å². The molecule has 0 spiro atoms. The standard InChI is InChI=1S/C21H31N5O4/c1-17(27)24-12-14-25(15-13-24)19-7-6-18(16-20(19)26(29)30)21(28)22-8-5-11-23-9-3-2-4-10-23/h6-7,16H,2-5,8-15H2,1H3,(H,22,28). The largest absolute Gasteiger partial charge is 0.362 e. The van der Waals surface area contributed by atoms with E-state index in [1.165, 1.54) is 32.3 Å². The summed E-state index contributed by atoms with van der Waals surface area (Å²) >= 11 is 0. The van der Waals surface area contributed by atoms with Crippen molar-refractivity contribution in [2.45, 2.75) is 32.6 Å². The molecule has 1 N–H and O–H groups in total. The quantitative estimate of drug-likeness (QED) is 0.413. The summed E-state index contributed by atoms with van der Waals surface area (Å²) in [4.78, 5) is 41.2. The zero-order chi connectivity index (χ0) is 21.5. The number of nitrogens with one attached hydrogen (secondary N) is 1. The first-order valence-corrected chi connectivity index (χ1v) is 10.7. The van der Waals surface area contributed by atoms with E-state index in [4.69, 9.17) is 0 Å². The van der Waals surface area contributed by atoms with Crippen molar-refractivity contribution < 1.29 is 14.5 Å². The second kappa shape index (κ2) is 10.4. The van der Waals surface area contributed by atoms with Crippen molar-refractivity contribution in [1.29, 1.82) is 0 Å². The number of rotatable bonds is 7. The summed E-state index contributed by atoms with van der Waals surface area (Å²) in [6, 6.07) is 4.64. The Labute approximate surface area is 177 Å². The molecule has 2 amide bonds. The van der Waals surface area contributed by atoms with E-state index in [0.717, 1.165) is 26.1 Å². The molecule has 3 rings (SSSR count). The summed E-state index contributed by atoms with van der Waals surface area (Å²) < 4.78 is 0. The fraction of sp³-hybridized carbons (Fsp3) is 0.619. The maximum absolute atomic E-state index is 12.5. The van der Waals surface area contributed by atoms with Crippen LogP contribution in [0.4, 0.5) is 11.4 Å². The molecule has 1 aromatic carbocycles. The highest BCUT2D eigenvalue weighted by molar-refractivity contribution is 5.95. The minimum absolute atomic E-state index is 0.0106. The maximum atomic E-state index is 12.5. The predicted octanol–water partition coefficient (Wildman–Crippen LogP) is 1.87. The van der Waals surface area contributed by atoms with Crippen molar-refractivity contribution in [3.8, 4) is 0 Å². The summed E-state index contributed by atoms with van der Waals surface area (Å²) in [6.45, 7) is 7.43. The Morgan fingerprint density at radius 2 is 1.77 bits per heavy atom. The summed E-state index contributed by atoms with van der Waals surface area (Å²) in [5.74, 6) is -0.277. The van der Waals surface area contributed by atoms with E-state index in [1.807, 2.05) is 4.90 Å². The topological polar surface area (TPSA) is 99.0 Å². The van der Waals surface area contributed by atoms with Crippen LogP contribution < -0.4 is 10.2 Å². The van der Waals surface area contributed by atoms with Gasteiger partial charge in [0.15, 0.2) is 0 Å². The van der Waals surface area contributed by atoms with E-state index < -0.39 is 4.92 Å². The molecule has 0 aliphatic carbocycles. The fourth-order valence-corrected chi connectivity index (χ4v) is 4.13. The van der Waals surface area contributed by atoms with Crippen molar-refractivity contribution in [3.05, 3.63) is 33.9 Å². The molecule has 2 aliphatic rings. The summed E-state index contributed by atoms with van der Waals surface area (Å²) in [5.41, 5.74) is 0.711. The first-order valence-electron chi connectivity index (χ1n) is 10.7. The Hall–Kier alpha value is -2.68. The van der Waals surface area contributed by atoms with Crippen LogP contribution in [0.3, 0.4) is 0 Å². The van der Waals surface area contributed by atoms with E-state index >= 15 is 0 Å². The SMILES string of the molecule is CC(=O)N1CCN(c2ccc(C(=O)NCCCN3CCCCC3)cc2[N+](=O)[O-])CC1. The van der Waals surface area contributed by atoms with Crippen LogP contribution in [0, 0.1) is 10.1 Å². The van der Waals surface area contributed by atoms with Crippen LogP contribution in [-0.4, -0.2) is 78.9 Å². The Balaban J connectivity index is 1.56. The molecule has 164 valence electrons. The number of amides is 2. The number of carbonyl (C=O) groups excluding carboxylic acids is 2. The Bertz CT molecular complexity index is 771. The molecule has 0 saturated carbocycles. The molecular formula is C21H31N5O4. The van der Waals surface area contributed by atoms with Gasteiger partial charge in [-0.05, 0) is 51.0 Å². The van der Waals surface area contributed by atoms with Crippen LogP contribution in [0.2, 0.25) is 0 Å². The highest BCUT2D eigenvalue weighted by atomic mass is 16.6. The monoisotopic (exact) mass is 417 g/mol. The summed E-state index contributed by atoms with van der Waals surface area (Å²) in [6.07, 6.45) is 4.65. The third-order valence-corrected chi connectivity index (χ3v) is 5.89. The lowest BCUT2D eigenvalue weighted by Crippen LogP contribution is -2.48. The van der Waals surface area contributed by atoms with Gasteiger partial charge in [-0.15, -0.1) is 0 Å². The average molecular weight is 418 g/mol. The molecule has 2 saturated heterocycles. The van der Waals surface area contributed by atoms with E-state index in [-0.39, 0.29) is 17.5 Å². The van der Waals surface area contributed by atoms with Gasteiger partial charge >= 0.3 is 0 Å². The normalized spacial score (nSPS) is 17.6. The summed E-state index contributed by atoms with van der Waals surface area (Å²) in [5, 5.41) is 14.5. The number of piperidine rings is 1. The second-order valence-corrected chi connectivity index (χ2v) is 7.97. The number of likely N-dealkylation sites (tertiary alicyclic amines) is 1. The number of nitrogens with zero attached hydrogens (tertiary/aromatic N) is 4. The van der Waals surface area contributed by atoms with E-state index in [1.54, 1.807) is 17.0 Å². The maximum Gasteiger partial charge on any atom is 0.293 e. The van der Waals surface area contributed by atoms with Crippen molar-refractivity contribution in [1.82, 2.24) is 15.1 Å². The zero-order valence-corrected chi connectivity index (χ0v) is 17.6. The molecular weight excluding hydrogens is 386 g/mol. The smallest absolute Gasteiger partial charge is 0.293 e. The average Bonchev–Trinajstić information content (AvgIpc) is 2.77. The Morgan fingerprint density at radius 3 is 2.40 bits per heavy atom. The van der Waals surface area contributed by atoms with Crippen molar-refractivity contribution in [3.63, 3.8) is 0 Å². The van der Waals surface area contributed by atoms with Crippen molar-refractivity contribution in [2.75, 3.05) is 57.3 Å². The molecule has 0 bridgehead atoms. The number of anilines is 1. The number of nitro benzene ring substituents is 1. The van der Waals surface area contributed by atoms with Gasteiger partial charge in [-0.25, -0.2) is 0 Å². The van der Waals surface area contributed by atoms with Crippen LogP contribution >= 0.6 is 0 Å². The van der Waals surface area contributed by atoms with Crippen LogP contribution in [0.1, 0.15) is 43.0 Å². The van der Waals surface area contributed by atoms with Crippen LogP contribution in [-0.2, 0) is 4.79 Å². The van der Waals surface area contributed by atoms with Crippen LogP contribution in [0.25, 0.3) is 0 Å². The number of hydrogen-bond donors (Lipinski definition) is 1. The van der Waals surface area contributed by atoms with Crippen molar-refractivity contribution >= 4 is 23.2 Å². The molecule has 0 radical (unpaired) electrons. The van der Waals surface area contributed by atoms with Gasteiger partial charge in [0.1, 0.15) is 5.69 Å². The van der Waals surface area contributed by atoms with Gasteiger partial charge in [0, 0.05) is 51.3 Å². The van der Waals surface area contributed by atoms with Gasteiger partial charge in [0.2, 0.25) is 5.91 Å². The van der Waals surface area contributed by atoms with Gasteiger partial charge in [0.05, 0.1) is 4.92 Å². The molecule has 30 heavy (non-hydrogen) atoms. The van der Waals surface area contributed by atoms with Gasteiger partial charge in [-0.2, -0.15) is 0 Å². The van der Waals surface area contributed by atoms with E-state index in [2.05, 4.69) is 10.2 Å². The first-order chi connectivity index (χ1) is 14.5. The lowest BCUT2D eigenvalue weighted by Gasteiger charge is -2.35. The van der Waals surface area contributed by atoms with Gasteiger partial charge in [-0.3, -0.25) is 19.7 Å². The molecule has 0 unspecified atom stereocenters. The lowest BCUT2D eigenvalue weighted by atomic mass is 10.1. The lowest BCUT2D eigenvalue weighted by molar-refractivity contribution is -0.384. The van der Waals surface area contributed by atoms with E-state index in [9.17, 15) is 19.7 Å². The van der Waals surface area contributed by atoms with Crippen LogP contribution in [0.15, 0.2) is 18.2 Å². The fourth-order valence-electron chi connectivity index (χ4n) is 4.13. The predicted molar refractivity (Wildman–Crippen MR) is 115 cm³/mol. The molecule has 9 heteroatoms. The Morgan fingerprint density at radius 1 is 1.07 bits per heavy atom. The van der Waals surface area contributed by atoms with Crippen molar-refractivity contribution in [2.24, 2.45) is 0 Å². The number of hydrogen-bond acceptors (Lipinski definition) is 6. The molecule has 9 nitrogen and oxygen atoms in total. The number of piperazine rings is 1. The summed E-state index contributed by atoms with van der Waals surface area (Å²) in [7, 11) is 0. The molecule has 2 heterocycles. The number of nitro groups is 1. The number of benzene rings is 1. The third-order valence-electron chi connectivity index (χ3n) is 5.89. The van der Waals surface area contributed by atoms with Gasteiger partial charge in [-0.1, -0.05) is 6.42 Å². The van der Waals surface area contributed by atoms with Crippen LogP contribution in [0.5, 0.6) is 0 Å². The van der Waals surface area contributed by atoms with Gasteiger partial charge < -0.3 is 20.0 Å². The Kier molecular flexibility index (Phi) is 7.62. The number of carbonyl (C=O) groups is 2. The van der Waals surface area contributed by atoms with E-state index in [0.29, 0.717) is 44.0 Å². The third kappa shape index (κ3) is 5.69. The minimum Gasteiger partial charge on any atom is -0.362 e. The second-order valence-electron chi connectivity index (χ2n) is 7.97. The minimum atomic E-state index is -0.445. The molecule has 2 fully saturated rings. The zero-order valence-electron chi connectivity index (χ0n) is 17.6. The molecule has 0 atom stereocenters.